The first kappa shape index (κ1) is 22.1. The second-order valence-electron chi connectivity index (χ2n) is 7.77. The molecule has 4 aromatic rings. The summed E-state index contributed by atoms with van der Waals surface area (Å²) in [5.74, 6) is 1.83. The smallest absolute Gasteiger partial charge is 0.183 e. The fraction of sp³-hybridized carbons (Fsp3) is 0.192. The van der Waals surface area contributed by atoms with Crippen LogP contribution in [0.15, 0.2) is 60.7 Å². The molecule has 7 heteroatoms. The van der Waals surface area contributed by atoms with E-state index in [0.717, 1.165) is 51.4 Å². The van der Waals surface area contributed by atoms with Crippen molar-refractivity contribution < 1.29 is 9.47 Å². The number of halogens is 2. The molecule has 0 spiro atoms. The Morgan fingerprint density at radius 3 is 2.70 bits per heavy atom. The second-order valence-corrected chi connectivity index (χ2v) is 9.67. The van der Waals surface area contributed by atoms with Crippen molar-refractivity contribution in [3.05, 3.63) is 92.3 Å². The monoisotopic (exact) mass is 496 g/mol. The summed E-state index contributed by atoms with van der Waals surface area (Å²) in [6.07, 6.45) is 1.62. The van der Waals surface area contributed by atoms with Gasteiger partial charge in [0, 0.05) is 29.8 Å². The summed E-state index contributed by atoms with van der Waals surface area (Å²) in [6, 6.07) is 19.9. The summed E-state index contributed by atoms with van der Waals surface area (Å²) in [5.41, 5.74) is 5.08. The minimum atomic E-state index is 0.583. The topological polar surface area (TPSA) is 43.4 Å². The standard InChI is InChI=1S/C26H22Cl2N2O2S/c1-31-21-8-3-2-5-17(21)14-23-25(24-19(27)6-4-7-20(24)28)30-26(33-23)29-15-16-9-10-22-18(13-16)11-12-32-22/h2-10,13H,11-12,14-15H2,1H3,(H,29,30). The fourth-order valence-corrected chi connectivity index (χ4v) is 5.58. The van der Waals surface area contributed by atoms with Gasteiger partial charge in [-0.05, 0) is 41.0 Å². The number of hydrogen-bond donors (Lipinski definition) is 1. The molecule has 1 aliphatic rings. The highest BCUT2D eigenvalue weighted by Crippen LogP contribution is 2.41. The van der Waals surface area contributed by atoms with Crippen molar-refractivity contribution in [1.29, 1.82) is 0 Å². The maximum absolute atomic E-state index is 6.56. The molecule has 4 nitrogen and oxygen atoms in total. The van der Waals surface area contributed by atoms with Gasteiger partial charge in [-0.15, -0.1) is 11.3 Å². The molecule has 0 saturated carbocycles. The molecular weight excluding hydrogens is 475 g/mol. The molecule has 0 aliphatic carbocycles. The lowest BCUT2D eigenvalue weighted by molar-refractivity contribution is 0.357. The highest BCUT2D eigenvalue weighted by atomic mass is 35.5. The molecule has 0 amide bonds. The molecule has 0 bridgehead atoms. The summed E-state index contributed by atoms with van der Waals surface area (Å²) in [4.78, 5) is 5.98. The zero-order valence-corrected chi connectivity index (χ0v) is 20.4. The average molecular weight is 497 g/mol. The molecule has 0 fully saturated rings. The number of hydrogen-bond acceptors (Lipinski definition) is 5. The van der Waals surface area contributed by atoms with Crippen LogP contribution in [0.3, 0.4) is 0 Å². The Hall–Kier alpha value is -2.73. The van der Waals surface area contributed by atoms with E-state index in [1.54, 1.807) is 18.4 Å². The molecule has 3 aromatic carbocycles. The zero-order chi connectivity index (χ0) is 22.8. The van der Waals surface area contributed by atoms with Crippen LogP contribution in [0.2, 0.25) is 10.0 Å². The maximum Gasteiger partial charge on any atom is 0.183 e. The molecule has 1 aromatic heterocycles. The average Bonchev–Trinajstić information content (AvgIpc) is 3.44. The van der Waals surface area contributed by atoms with E-state index in [0.29, 0.717) is 23.0 Å². The van der Waals surface area contributed by atoms with E-state index < -0.39 is 0 Å². The predicted molar refractivity (Wildman–Crippen MR) is 136 cm³/mol. The van der Waals surface area contributed by atoms with Crippen LogP contribution in [-0.2, 0) is 19.4 Å². The molecule has 0 saturated heterocycles. The van der Waals surface area contributed by atoms with Gasteiger partial charge in [0.25, 0.3) is 0 Å². The molecule has 0 atom stereocenters. The number of nitrogens with zero attached hydrogens (tertiary/aromatic N) is 1. The highest BCUT2D eigenvalue weighted by Gasteiger charge is 2.20. The van der Waals surface area contributed by atoms with Gasteiger partial charge in [-0.1, -0.05) is 59.6 Å². The predicted octanol–water partition coefficient (Wildman–Crippen LogP) is 7.26. The quantitative estimate of drug-likeness (QED) is 0.292. The highest BCUT2D eigenvalue weighted by molar-refractivity contribution is 7.16. The molecule has 5 rings (SSSR count). The number of methoxy groups -OCH3 is 1. The number of ether oxygens (including phenoxy) is 2. The second kappa shape index (κ2) is 9.64. The Morgan fingerprint density at radius 1 is 1.06 bits per heavy atom. The Morgan fingerprint density at radius 2 is 1.88 bits per heavy atom. The summed E-state index contributed by atoms with van der Waals surface area (Å²) in [7, 11) is 1.69. The van der Waals surface area contributed by atoms with Crippen LogP contribution < -0.4 is 14.8 Å². The van der Waals surface area contributed by atoms with Gasteiger partial charge in [-0.2, -0.15) is 0 Å². The van der Waals surface area contributed by atoms with Crippen molar-refractivity contribution in [1.82, 2.24) is 4.98 Å². The van der Waals surface area contributed by atoms with Crippen molar-refractivity contribution in [2.45, 2.75) is 19.4 Å². The van der Waals surface area contributed by atoms with Gasteiger partial charge in [0.05, 0.1) is 29.5 Å². The van der Waals surface area contributed by atoms with Crippen LogP contribution >= 0.6 is 34.5 Å². The summed E-state index contributed by atoms with van der Waals surface area (Å²) >= 11 is 14.7. The molecular formula is C26H22Cl2N2O2S. The Labute approximate surface area is 207 Å². The van der Waals surface area contributed by atoms with E-state index in [1.165, 1.54) is 11.1 Å². The van der Waals surface area contributed by atoms with Gasteiger partial charge in [-0.3, -0.25) is 0 Å². The zero-order valence-electron chi connectivity index (χ0n) is 18.0. The van der Waals surface area contributed by atoms with Gasteiger partial charge in [0.2, 0.25) is 0 Å². The summed E-state index contributed by atoms with van der Waals surface area (Å²) in [6.45, 7) is 1.43. The molecule has 168 valence electrons. The summed E-state index contributed by atoms with van der Waals surface area (Å²) in [5, 5.41) is 5.47. The van der Waals surface area contributed by atoms with E-state index in [4.69, 9.17) is 37.7 Å². The lowest BCUT2D eigenvalue weighted by atomic mass is 10.1. The first-order valence-corrected chi connectivity index (χ1v) is 12.2. The van der Waals surface area contributed by atoms with Crippen molar-refractivity contribution in [2.75, 3.05) is 19.0 Å². The third-order valence-electron chi connectivity index (χ3n) is 5.64. The van der Waals surface area contributed by atoms with Crippen molar-refractivity contribution in [3.8, 4) is 22.8 Å². The van der Waals surface area contributed by atoms with Crippen LogP contribution in [-0.4, -0.2) is 18.7 Å². The minimum Gasteiger partial charge on any atom is -0.496 e. The van der Waals surface area contributed by atoms with E-state index in [-0.39, 0.29) is 0 Å². The van der Waals surface area contributed by atoms with Gasteiger partial charge < -0.3 is 14.8 Å². The third kappa shape index (κ3) is 4.67. The molecule has 0 radical (unpaired) electrons. The number of nitrogens with one attached hydrogen (secondary N) is 1. The third-order valence-corrected chi connectivity index (χ3v) is 7.28. The van der Waals surface area contributed by atoms with E-state index in [9.17, 15) is 0 Å². The number of aromatic nitrogens is 1. The van der Waals surface area contributed by atoms with Crippen LogP contribution in [0.1, 0.15) is 21.6 Å². The van der Waals surface area contributed by atoms with Gasteiger partial charge in [-0.25, -0.2) is 4.98 Å². The SMILES string of the molecule is COc1ccccc1Cc1sc(NCc2ccc3c(c2)CCO3)nc1-c1c(Cl)cccc1Cl. The van der Waals surface area contributed by atoms with Gasteiger partial charge in [0.15, 0.2) is 5.13 Å². The first-order chi connectivity index (χ1) is 16.1. The fourth-order valence-electron chi connectivity index (χ4n) is 4.02. The largest absolute Gasteiger partial charge is 0.496 e. The van der Waals surface area contributed by atoms with Crippen LogP contribution in [0, 0.1) is 0 Å². The minimum absolute atomic E-state index is 0.583. The Balaban J connectivity index is 1.47. The Kier molecular flexibility index (Phi) is 6.45. The molecule has 0 unspecified atom stereocenters. The molecule has 2 heterocycles. The number of benzene rings is 3. The lowest BCUT2D eigenvalue weighted by Gasteiger charge is -2.09. The maximum atomic E-state index is 6.56. The number of para-hydroxylation sites is 1. The van der Waals surface area contributed by atoms with Crippen molar-refractivity contribution in [2.24, 2.45) is 0 Å². The van der Waals surface area contributed by atoms with Gasteiger partial charge in [0.1, 0.15) is 11.5 Å². The van der Waals surface area contributed by atoms with Crippen LogP contribution in [0.4, 0.5) is 5.13 Å². The first-order valence-electron chi connectivity index (χ1n) is 10.7. The Bertz CT molecular complexity index is 1290. The van der Waals surface area contributed by atoms with Crippen molar-refractivity contribution in [3.63, 3.8) is 0 Å². The van der Waals surface area contributed by atoms with Crippen molar-refractivity contribution >= 4 is 39.7 Å². The lowest BCUT2D eigenvalue weighted by Crippen LogP contribution is -1.99. The van der Waals surface area contributed by atoms with E-state index in [1.807, 2.05) is 42.5 Å². The number of rotatable bonds is 7. The normalized spacial score (nSPS) is 12.3. The summed E-state index contributed by atoms with van der Waals surface area (Å²) < 4.78 is 11.2. The van der Waals surface area contributed by atoms with Crippen LogP contribution in [0.25, 0.3) is 11.3 Å². The molecule has 1 N–H and O–H groups in total. The molecule has 33 heavy (non-hydrogen) atoms. The molecule has 1 aliphatic heterocycles. The van der Waals surface area contributed by atoms with Gasteiger partial charge >= 0.3 is 0 Å². The number of thiazole rings is 1. The van der Waals surface area contributed by atoms with E-state index in [2.05, 4.69) is 23.5 Å². The number of fused-ring (bicyclic) bond motifs is 1. The number of anilines is 1. The van der Waals surface area contributed by atoms with E-state index >= 15 is 0 Å². The van der Waals surface area contributed by atoms with Crippen LogP contribution in [0.5, 0.6) is 11.5 Å².